The molecule has 6 nitrogen and oxygen atoms in total. The Morgan fingerprint density at radius 2 is 2.17 bits per heavy atom. The van der Waals surface area contributed by atoms with Gasteiger partial charge in [-0.1, -0.05) is 23.8 Å². The maximum absolute atomic E-state index is 11.3. The van der Waals surface area contributed by atoms with Gasteiger partial charge >= 0.3 is 0 Å². The number of ether oxygens (including phenoxy) is 2. The van der Waals surface area contributed by atoms with Crippen molar-refractivity contribution in [3.05, 3.63) is 47.2 Å². The van der Waals surface area contributed by atoms with Crippen LogP contribution in [0.2, 0.25) is 0 Å². The van der Waals surface area contributed by atoms with Gasteiger partial charge in [0.1, 0.15) is 18.3 Å². The minimum Gasteiger partial charge on any atom is -0.461 e. The van der Waals surface area contributed by atoms with E-state index in [1.807, 2.05) is 12.2 Å². The number of sulfonamides is 1. The highest BCUT2D eigenvalue weighted by Gasteiger charge is 2.21. The molecule has 0 saturated carbocycles. The lowest BCUT2D eigenvalue weighted by Crippen LogP contribution is -2.32. The molecule has 0 atom stereocenters. The summed E-state index contributed by atoms with van der Waals surface area (Å²) in [6.07, 6.45) is 11.0. The highest BCUT2D eigenvalue weighted by atomic mass is 32.2. The molecule has 7 heteroatoms. The number of hydrogen-bond donors (Lipinski definition) is 2. The lowest BCUT2D eigenvalue weighted by molar-refractivity contribution is 0.239. The summed E-state index contributed by atoms with van der Waals surface area (Å²) in [5, 5.41) is -0.355. The van der Waals surface area contributed by atoms with E-state index in [-0.39, 0.29) is 5.09 Å². The highest BCUT2D eigenvalue weighted by Crippen LogP contribution is 2.24. The van der Waals surface area contributed by atoms with Crippen molar-refractivity contribution >= 4 is 10.0 Å². The fourth-order valence-corrected chi connectivity index (χ4v) is 2.06. The molecule has 1 heterocycles. The third kappa shape index (κ3) is 3.00. The molecule has 0 bridgehead atoms. The average Bonchev–Trinajstić information content (AvgIpc) is 2.40. The minimum absolute atomic E-state index is 0.355. The Kier molecular flexibility index (Phi) is 3.85. The minimum atomic E-state index is -3.81. The summed E-state index contributed by atoms with van der Waals surface area (Å²) in [5.74, 6) is 5.43. The SMILES string of the molecule is NNS(=O)(=O)C1=COC(CC2=CC=CCC2)=CO1. The molecule has 1 aliphatic heterocycles. The third-order valence-electron chi connectivity index (χ3n) is 2.53. The molecule has 0 radical (unpaired) electrons. The van der Waals surface area contributed by atoms with Crippen molar-refractivity contribution < 1.29 is 17.9 Å². The van der Waals surface area contributed by atoms with Crippen LogP contribution in [-0.2, 0) is 19.5 Å². The lowest BCUT2D eigenvalue weighted by atomic mass is 10.0. The van der Waals surface area contributed by atoms with Crippen LogP contribution in [0.3, 0.4) is 0 Å². The van der Waals surface area contributed by atoms with Crippen molar-refractivity contribution in [3.8, 4) is 0 Å². The first-order valence-corrected chi connectivity index (χ1v) is 6.89. The van der Waals surface area contributed by atoms with Crippen LogP contribution in [0.4, 0.5) is 0 Å². The summed E-state index contributed by atoms with van der Waals surface area (Å²) in [6.45, 7) is 0. The molecule has 0 aromatic carbocycles. The first-order chi connectivity index (χ1) is 8.62. The second kappa shape index (κ2) is 5.38. The van der Waals surface area contributed by atoms with Gasteiger partial charge in [-0.2, -0.15) is 0 Å². The van der Waals surface area contributed by atoms with Gasteiger partial charge in [-0.05, 0) is 12.8 Å². The van der Waals surface area contributed by atoms with E-state index in [4.69, 9.17) is 15.3 Å². The van der Waals surface area contributed by atoms with E-state index in [1.165, 1.54) is 11.8 Å². The van der Waals surface area contributed by atoms with E-state index < -0.39 is 10.0 Å². The molecule has 18 heavy (non-hydrogen) atoms. The zero-order chi connectivity index (χ0) is 13.0. The largest absolute Gasteiger partial charge is 0.461 e. The Balaban J connectivity index is 1.97. The molecule has 0 aromatic heterocycles. The first kappa shape index (κ1) is 12.9. The van der Waals surface area contributed by atoms with Crippen LogP contribution >= 0.6 is 0 Å². The van der Waals surface area contributed by atoms with Gasteiger partial charge in [0, 0.05) is 6.42 Å². The number of allylic oxidation sites excluding steroid dienone is 4. The van der Waals surface area contributed by atoms with Gasteiger partial charge in [0.05, 0.1) is 0 Å². The topological polar surface area (TPSA) is 90.7 Å². The fourth-order valence-electron chi connectivity index (χ4n) is 1.59. The van der Waals surface area contributed by atoms with Crippen LogP contribution in [-0.4, -0.2) is 8.42 Å². The van der Waals surface area contributed by atoms with Crippen LogP contribution in [0, 0.1) is 0 Å². The van der Waals surface area contributed by atoms with Crippen LogP contribution in [0.25, 0.3) is 0 Å². The van der Waals surface area contributed by atoms with Gasteiger partial charge < -0.3 is 9.47 Å². The summed E-state index contributed by atoms with van der Waals surface area (Å²) in [7, 11) is -3.81. The Hall–Kier alpha value is -1.57. The zero-order valence-electron chi connectivity index (χ0n) is 9.63. The summed E-state index contributed by atoms with van der Waals surface area (Å²) in [6, 6.07) is 0. The van der Waals surface area contributed by atoms with Crippen LogP contribution in [0.15, 0.2) is 47.2 Å². The summed E-state index contributed by atoms with van der Waals surface area (Å²) < 4.78 is 32.8. The standard InChI is InChI=1S/C11H14N2O4S/c12-13-18(14,15)11-8-16-10(7-17-11)6-9-4-2-1-3-5-9/h1-2,4,7-8,13H,3,5-6,12H2. The molecule has 0 amide bonds. The maximum atomic E-state index is 11.3. The monoisotopic (exact) mass is 270 g/mol. The Morgan fingerprint density at radius 3 is 2.72 bits per heavy atom. The van der Waals surface area contributed by atoms with E-state index in [0.29, 0.717) is 12.2 Å². The molecule has 2 rings (SSSR count). The van der Waals surface area contributed by atoms with E-state index in [1.54, 1.807) is 4.83 Å². The quantitative estimate of drug-likeness (QED) is 0.590. The molecule has 2 aliphatic rings. The van der Waals surface area contributed by atoms with Gasteiger partial charge in [0.15, 0.2) is 0 Å². The summed E-state index contributed by atoms with van der Waals surface area (Å²) in [4.78, 5) is 1.66. The van der Waals surface area contributed by atoms with Crippen molar-refractivity contribution in [3.63, 3.8) is 0 Å². The lowest BCUT2D eigenvalue weighted by Gasteiger charge is -2.16. The zero-order valence-corrected chi connectivity index (χ0v) is 10.4. The van der Waals surface area contributed by atoms with Crippen LogP contribution < -0.4 is 10.7 Å². The number of nitrogens with one attached hydrogen (secondary N) is 1. The molecule has 1 aliphatic carbocycles. The average molecular weight is 270 g/mol. The van der Waals surface area contributed by atoms with E-state index in [9.17, 15) is 8.42 Å². The summed E-state index contributed by atoms with van der Waals surface area (Å²) in [5.41, 5.74) is 1.21. The predicted molar refractivity (Wildman–Crippen MR) is 65.7 cm³/mol. The van der Waals surface area contributed by atoms with Gasteiger partial charge in [-0.3, -0.25) is 5.84 Å². The van der Waals surface area contributed by atoms with Crippen molar-refractivity contribution in [1.29, 1.82) is 0 Å². The predicted octanol–water partition coefficient (Wildman–Crippen LogP) is 1.13. The molecule has 0 aromatic rings. The van der Waals surface area contributed by atoms with Crippen molar-refractivity contribution in [2.45, 2.75) is 19.3 Å². The van der Waals surface area contributed by atoms with E-state index in [0.717, 1.165) is 19.1 Å². The molecule has 0 unspecified atom stereocenters. The number of hydrogen-bond acceptors (Lipinski definition) is 5. The number of hydrazine groups is 1. The molecule has 98 valence electrons. The van der Waals surface area contributed by atoms with E-state index >= 15 is 0 Å². The molecule has 0 saturated heterocycles. The maximum Gasteiger partial charge on any atom is 0.289 e. The van der Waals surface area contributed by atoms with Gasteiger partial charge in [0.25, 0.3) is 15.1 Å². The highest BCUT2D eigenvalue weighted by molar-refractivity contribution is 7.93. The van der Waals surface area contributed by atoms with Crippen molar-refractivity contribution in [2.75, 3.05) is 0 Å². The molecular formula is C11H14N2O4S. The number of rotatable bonds is 4. The van der Waals surface area contributed by atoms with Crippen LogP contribution in [0.1, 0.15) is 19.3 Å². The van der Waals surface area contributed by atoms with E-state index in [2.05, 4.69) is 6.08 Å². The normalized spacial score (nSPS) is 19.3. The molecule has 0 fully saturated rings. The molecule has 3 N–H and O–H groups in total. The van der Waals surface area contributed by atoms with Crippen LogP contribution in [0.5, 0.6) is 0 Å². The third-order valence-corrected chi connectivity index (χ3v) is 3.57. The Bertz CT molecular complexity index is 543. The van der Waals surface area contributed by atoms with Gasteiger partial charge in [-0.25, -0.2) is 8.42 Å². The Labute approximate surface area is 105 Å². The second-order valence-corrected chi connectivity index (χ2v) is 5.49. The van der Waals surface area contributed by atoms with Crippen molar-refractivity contribution in [2.24, 2.45) is 5.84 Å². The second-order valence-electron chi connectivity index (χ2n) is 3.85. The number of nitrogens with two attached hydrogens (primary N) is 1. The smallest absolute Gasteiger partial charge is 0.289 e. The van der Waals surface area contributed by atoms with Crippen molar-refractivity contribution in [1.82, 2.24) is 4.83 Å². The molecular weight excluding hydrogens is 256 g/mol. The van der Waals surface area contributed by atoms with Gasteiger partial charge in [-0.15, -0.1) is 4.83 Å². The Morgan fingerprint density at radius 1 is 1.33 bits per heavy atom. The molecule has 0 spiro atoms. The fraction of sp³-hybridized carbons (Fsp3) is 0.273. The van der Waals surface area contributed by atoms with Gasteiger partial charge in [0.2, 0.25) is 0 Å². The first-order valence-electron chi connectivity index (χ1n) is 5.41. The summed E-state index contributed by atoms with van der Waals surface area (Å²) >= 11 is 0.